The third-order valence-electron chi connectivity index (χ3n) is 2.74. The van der Waals surface area contributed by atoms with E-state index >= 15 is 0 Å². The van der Waals surface area contributed by atoms with Crippen LogP contribution in [0.5, 0.6) is 5.75 Å². The van der Waals surface area contributed by atoms with Crippen molar-refractivity contribution in [2.24, 2.45) is 0 Å². The van der Waals surface area contributed by atoms with Crippen LogP contribution in [0.1, 0.15) is 12.0 Å². The Kier molecular flexibility index (Phi) is 8.82. The van der Waals surface area contributed by atoms with Gasteiger partial charge in [0.25, 0.3) is 0 Å². The van der Waals surface area contributed by atoms with E-state index in [4.69, 9.17) is 9.47 Å². The fourth-order valence-electron chi connectivity index (χ4n) is 1.69. The molecule has 0 aliphatic carbocycles. The Hall–Kier alpha value is -0.620. The molecule has 1 aromatic rings. The number of hydrogen-bond acceptors (Lipinski definition) is 4. The molecule has 0 atom stereocenters. The molecule has 0 heterocycles. The Bertz CT molecular complexity index is 361. The van der Waals surface area contributed by atoms with E-state index in [-0.39, 0.29) is 0 Å². The minimum atomic E-state index is 0.771. The van der Waals surface area contributed by atoms with Gasteiger partial charge in [0.05, 0.1) is 18.2 Å². The number of ether oxygens (including phenoxy) is 2. The molecule has 108 valence electrons. The largest absolute Gasteiger partial charge is 0.496 e. The van der Waals surface area contributed by atoms with Gasteiger partial charge >= 0.3 is 0 Å². The van der Waals surface area contributed by atoms with Crippen molar-refractivity contribution in [1.29, 1.82) is 0 Å². The monoisotopic (exact) mass is 330 g/mol. The number of halogens is 1. The first-order valence-electron chi connectivity index (χ1n) is 6.50. The zero-order valence-electron chi connectivity index (χ0n) is 11.7. The lowest BCUT2D eigenvalue weighted by Crippen LogP contribution is -2.24. The minimum Gasteiger partial charge on any atom is -0.496 e. The summed E-state index contributed by atoms with van der Waals surface area (Å²) in [5.41, 5.74) is 1.25. The molecule has 0 saturated carbocycles. The summed E-state index contributed by atoms with van der Waals surface area (Å²) in [7, 11) is 3.39. The fraction of sp³-hybridized carbons (Fsp3) is 0.571. The first kappa shape index (κ1) is 16.4. The zero-order chi connectivity index (χ0) is 13.9. The SMILES string of the molecule is COCCNCCCNCc1ccc(OC)c(Br)c1. The van der Waals surface area contributed by atoms with E-state index in [1.165, 1.54) is 5.56 Å². The van der Waals surface area contributed by atoms with Gasteiger partial charge in [-0.2, -0.15) is 0 Å². The molecule has 1 rings (SSSR count). The molecule has 4 nitrogen and oxygen atoms in total. The Morgan fingerprint density at radius 1 is 1.11 bits per heavy atom. The predicted octanol–water partition coefficient (Wildman–Crippen LogP) is 2.17. The van der Waals surface area contributed by atoms with Crippen LogP contribution in [0.2, 0.25) is 0 Å². The van der Waals surface area contributed by atoms with Crippen LogP contribution >= 0.6 is 15.9 Å². The standard InChI is InChI=1S/C14H23BrN2O2/c1-18-9-8-16-6-3-7-17-11-12-4-5-14(19-2)13(15)10-12/h4-5,10,16-17H,3,6-9,11H2,1-2H3. The van der Waals surface area contributed by atoms with Crippen molar-refractivity contribution in [2.75, 3.05) is 40.5 Å². The first-order valence-corrected chi connectivity index (χ1v) is 7.30. The van der Waals surface area contributed by atoms with E-state index in [1.54, 1.807) is 14.2 Å². The van der Waals surface area contributed by atoms with E-state index in [9.17, 15) is 0 Å². The molecule has 0 fully saturated rings. The second kappa shape index (κ2) is 10.2. The lowest BCUT2D eigenvalue weighted by molar-refractivity contribution is 0.199. The number of rotatable bonds is 10. The van der Waals surface area contributed by atoms with Gasteiger partial charge in [0.2, 0.25) is 0 Å². The molecule has 0 aliphatic heterocycles. The van der Waals surface area contributed by atoms with E-state index in [2.05, 4.69) is 38.7 Å². The summed E-state index contributed by atoms with van der Waals surface area (Å²) in [6.45, 7) is 4.59. The molecular formula is C14H23BrN2O2. The molecule has 0 unspecified atom stereocenters. The molecular weight excluding hydrogens is 308 g/mol. The van der Waals surface area contributed by atoms with Crippen LogP contribution in [0.15, 0.2) is 22.7 Å². The lowest BCUT2D eigenvalue weighted by atomic mass is 10.2. The van der Waals surface area contributed by atoms with Gasteiger partial charge in [-0.25, -0.2) is 0 Å². The molecule has 1 aromatic carbocycles. The average Bonchev–Trinajstić information content (AvgIpc) is 2.42. The lowest BCUT2D eigenvalue weighted by Gasteiger charge is -2.08. The highest BCUT2D eigenvalue weighted by molar-refractivity contribution is 9.10. The summed E-state index contributed by atoms with van der Waals surface area (Å²) < 4.78 is 11.2. The summed E-state index contributed by atoms with van der Waals surface area (Å²) >= 11 is 3.49. The van der Waals surface area contributed by atoms with Crippen LogP contribution in [0, 0.1) is 0 Å². The highest BCUT2D eigenvalue weighted by Crippen LogP contribution is 2.25. The molecule has 0 spiro atoms. The molecule has 0 radical (unpaired) electrons. The summed E-state index contributed by atoms with van der Waals surface area (Å²) in [4.78, 5) is 0. The van der Waals surface area contributed by atoms with Gasteiger partial charge in [-0.3, -0.25) is 0 Å². The Labute approximate surface area is 124 Å². The van der Waals surface area contributed by atoms with Crippen LogP contribution in [-0.2, 0) is 11.3 Å². The Morgan fingerprint density at radius 3 is 2.58 bits per heavy atom. The number of hydrogen-bond donors (Lipinski definition) is 2. The van der Waals surface area contributed by atoms with Crippen LogP contribution in [0.25, 0.3) is 0 Å². The predicted molar refractivity (Wildman–Crippen MR) is 81.8 cm³/mol. The topological polar surface area (TPSA) is 42.5 Å². The van der Waals surface area contributed by atoms with Crippen molar-refractivity contribution in [3.05, 3.63) is 28.2 Å². The molecule has 2 N–H and O–H groups in total. The second-order valence-corrected chi connectivity index (χ2v) is 5.10. The van der Waals surface area contributed by atoms with Gasteiger partial charge < -0.3 is 20.1 Å². The number of methoxy groups -OCH3 is 2. The van der Waals surface area contributed by atoms with Crippen molar-refractivity contribution in [3.8, 4) is 5.75 Å². The highest BCUT2D eigenvalue weighted by Gasteiger charge is 2.00. The van der Waals surface area contributed by atoms with Gasteiger partial charge in [0, 0.05) is 20.2 Å². The molecule has 0 saturated heterocycles. The quantitative estimate of drug-likeness (QED) is 0.645. The maximum absolute atomic E-state index is 5.20. The average molecular weight is 331 g/mol. The van der Waals surface area contributed by atoms with E-state index in [1.807, 2.05) is 6.07 Å². The zero-order valence-corrected chi connectivity index (χ0v) is 13.3. The van der Waals surface area contributed by atoms with Gasteiger partial charge in [-0.1, -0.05) is 6.07 Å². The fourth-order valence-corrected chi connectivity index (χ4v) is 2.28. The third kappa shape index (κ3) is 6.92. The second-order valence-electron chi connectivity index (χ2n) is 4.24. The normalized spacial score (nSPS) is 10.7. The smallest absolute Gasteiger partial charge is 0.133 e. The van der Waals surface area contributed by atoms with E-state index < -0.39 is 0 Å². The maximum Gasteiger partial charge on any atom is 0.133 e. The molecule has 5 heteroatoms. The van der Waals surface area contributed by atoms with Crippen LogP contribution < -0.4 is 15.4 Å². The first-order chi connectivity index (χ1) is 9.27. The minimum absolute atomic E-state index is 0.771. The molecule has 0 aliphatic rings. The van der Waals surface area contributed by atoms with Crippen molar-refractivity contribution in [1.82, 2.24) is 10.6 Å². The molecule has 0 aromatic heterocycles. The Morgan fingerprint density at radius 2 is 1.89 bits per heavy atom. The summed E-state index contributed by atoms with van der Waals surface area (Å²) in [5.74, 6) is 0.867. The van der Waals surface area contributed by atoms with Crippen LogP contribution in [0.4, 0.5) is 0 Å². The molecule has 0 bridgehead atoms. The maximum atomic E-state index is 5.20. The molecule has 19 heavy (non-hydrogen) atoms. The van der Waals surface area contributed by atoms with E-state index in [0.717, 1.165) is 49.4 Å². The third-order valence-corrected chi connectivity index (χ3v) is 3.36. The van der Waals surface area contributed by atoms with Gasteiger partial charge in [0.1, 0.15) is 5.75 Å². The summed E-state index contributed by atoms with van der Waals surface area (Å²) in [6, 6.07) is 6.14. The van der Waals surface area contributed by atoms with Crippen LogP contribution in [-0.4, -0.2) is 40.5 Å². The van der Waals surface area contributed by atoms with Crippen LogP contribution in [0.3, 0.4) is 0 Å². The summed E-state index contributed by atoms with van der Waals surface area (Å²) in [6.07, 6.45) is 1.11. The van der Waals surface area contributed by atoms with Crippen molar-refractivity contribution >= 4 is 15.9 Å². The van der Waals surface area contributed by atoms with Gasteiger partial charge in [0.15, 0.2) is 0 Å². The van der Waals surface area contributed by atoms with E-state index in [0.29, 0.717) is 0 Å². The van der Waals surface area contributed by atoms with Crippen molar-refractivity contribution < 1.29 is 9.47 Å². The van der Waals surface area contributed by atoms with Crippen molar-refractivity contribution in [2.45, 2.75) is 13.0 Å². The van der Waals surface area contributed by atoms with Gasteiger partial charge in [-0.05, 0) is 53.1 Å². The number of nitrogens with one attached hydrogen (secondary N) is 2. The number of benzene rings is 1. The Balaban J connectivity index is 2.11. The summed E-state index contributed by atoms with van der Waals surface area (Å²) in [5, 5.41) is 6.74. The van der Waals surface area contributed by atoms with Gasteiger partial charge in [-0.15, -0.1) is 0 Å². The van der Waals surface area contributed by atoms with Crippen molar-refractivity contribution in [3.63, 3.8) is 0 Å². The molecule has 0 amide bonds. The highest BCUT2D eigenvalue weighted by atomic mass is 79.9.